The first-order valence-electron chi connectivity index (χ1n) is 10.4. The number of hydrogen-bond donors (Lipinski definition) is 1. The van der Waals surface area contributed by atoms with E-state index in [-0.39, 0.29) is 5.91 Å². The Hall–Kier alpha value is -3.49. The summed E-state index contributed by atoms with van der Waals surface area (Å²) in [5, 5.41) is 7.47. The second-order valence-electron chi connectivity index (χ2n) is 7.50. The highest BCUT2D eigenvalue weighted by atomic mass is 16.5. The minimum atomic E-state index is -0.162. The van der Waals surface area contributed by atoms with Crippen LogP contribution in [0.15, 0.2) is 67.3 Å². The van der Waals surface area contributed by atoms with Crippen LogP contribution in [0, 0.1) is 0 Å². The van der Waals surface area contributed by atoms with E-state index in [1.54, 1.807) is 23.1 Å². The lowest BCUT2D eigenvalue weighted by atomic mass is 10.1. The number of ether oxygens (including phenoxy) is 1. The zero-order valence-corrected chi connectivity index (χ0v) is 17.1. The molecule has 0 unspecified atom stereocenters. The molecule has 31 heavy (non-hydrogen) atoms. The Morgan fingerprint density at radius 3 is 2.65 bits per heavy atom. The van der Waals surface area contributed by atoms with Crippen LogP contribution in [0.5, 0.6) is 0 Å². The first kappa shape index (κ1) is 19.5. The third-order valence-electron chi connectivity index (χ3n) is 5.52. The molecule has 0 bridgehead atoms. The summed E-state index contributed by atoms with van der Waals surface area (Å²) < 4.78 is 9.16. The van der Waals surface area contributed by atoms with E-state index in [1.165, 1.54) is 0 Å². The maximum absolute atomic E-state index is 12.5. The van der Waals surface area contributed by atoms with E-state index in [4.69, 9.17) is 4.74 Å². The summed E-state index contributed by atoms with van der Waals surface area (Å²) >= 11 is 0. The van der Waals surface area contributed by atoms with Gasteiger partial charge in [-0.2, -0.15) is 5.10 Å². The zero-order valence-electron chi connectivity index (χ0n) is 17.1. The number of fused-ring (bicyclic) bond motifs is 1. The fourth-order valence-electron chi connectivity index (χ4n) is 3.80. The van der Waals surface area contributed by atoms with Gasteiger partial charge in [0.2, 0.25) is 0 Å². The summed E-state index contributed by atoms with van der Waals surface area (Å²) in [7, 11) is 0. The van der Waals surface area contributed by atoms with Gasteiger partial charge in [-0.05, 0) is 47.5 Å². The first-order valence-corrected chi connectivity index (χ1v) is 10.4. The quantitative estimate of drug-likeness (QED) is 0.522. The molecule has 8 nitrogen and oxygen atoms in total. The average Bonchev–Trinajstić information content (AvgIpc) is 3.47. The number of rotatable bonds is 6. The second-order valence-corrected chi connectivity index (χ2v) is 7.50. The number of carbonyl (C=O) groups is 1. The van der Waals surface area contributed by atoms with E-state index in [9.17, 15) is 4.79 Å². The second kappa shape index (κ2) is 8.71. The van der Waals surface area contributed by atoms with Gasteiger partial charge >= 0.3 is 0 Å². The highest BCUT2D eigenvalue weighted by Gasteiger charge is 2.14. The predicted molar refractivity (Wildman–Crippen MR) is 117 cm³/mol. The fraction of sp³-hybridized carbons (Fsp3) is 0.261. The maximum atomic E-state index is 12.5. The number of pyridine rings is 2. The largest absolute Gasteiger partial charge is 0.379 e. The van der Waals surface area contributed by atoms with Gasteiger partial charge < -0.3 is 14.5 Å². The van der Waals surface area contributed by atoms with Gasteiger partial charge in [-0.1, -0.05) is 6.07 Å². The maximum Gasteiger partial charge on any atom is 0.271 e. The van der Waals surface area contributed by atoms with Crippen LogP contribution < -0.4 is 5.32 Å². The van der Waals surface area contributed by atoms with E-state index < -0.39 is 0 Å². The molecule has 1 saturated heterocycles. The lowest BCUT2D eigenvalue weighted by molar-refractivity contribution is 0.0383. The van der Waals surface area contributed by atoms with Crippen molar-refractivity contribution in [1.29, 1.82) is 0 Å². The summed E-state index contributed by atoms with van der Waals surface area (Å²) in [6.45, 7) is 4.74. The van der Waals surface area contributed by atoms with Crippen molar-refractivity contribution in [2.75, 3.05) is 39.4 Å². The lowest BCUT2D eigenvalue weighted by Crippen LogP contribution is -2.41. The Balaban J connectivity index is 1.31. The predicted octanol–water partition coefficient (Wildman–Crippen LogP) is 2.25. The molecule has 0 aromatic carbocycles. The van der Waals surface area contributed by atoms with Crippen LogP contribution in [-0.4, -0.2) is 69.4 Å². The van der Waals surface area contributed by atoms with Crippen LogP contribution in [-0.2, 0) is 4.74 Å². The van der Waals surface area contributed by atoms with Gasteiger partial charge in [0.15, 0.2) is 5.69 Å². The molecule has 1 N–H and O–H groups in total. The van der Waals surface area contributed by atoms with E-state index in [1.807, 2.05) is 30.5 Å². The van der Waals surface area contributed by atoms with Crippen LogP contribution in [0.3, 0.4) is 0 Å². The Bertz CT molecular complexity index is 1180. The van der Waals surface area contributed by atoms with Gasteiger partial charge in [0.05, 0.1) is 13.2 Å². The number of nitrogens with one attached hydrogen (secondary N) is 1. The molecule has 0 radical (unpaired) electrons. The number of nitrogens with zero attached hydrogens (tertiary/aromatic N) is 5. The molecule has 0 saturated carbocycles. The fourth-order valence-corrected chi connectivity index (χ4v) is 3.80. The van der Waals surface area contributed by atoms with Crippen molar-refractivity contribution >= 4 is 11.4 Å². The number of amides is 1. The molecule has 158 valence electrons. The molecule has 0 aliphatic carbocycles. The van der Waals surface area contributed by atoms with Crippen LogP contribution in [0.4, 0.5) is 0 Å². The van der Waals surface area contributed by atoms with Crippen LogP contribution >= 0.6 is 0 Å². The highest BCUT2D eigenvalue weighted by Crippen LogP contribution is 2.22. The number of carbonyl (C=O) groups excluding carboxylic acids is 1. The number of hydrogen-bond acceptors (Lipinski definition) is 5. The Kier molecular flexibility index (Phi) is 5.47. The topological polar surface area (TPSA) is 76.7 Å². The minimum Gasteiger partial charge on any atom is -0.379 e. The number of aromatic nitrogens is 4. The zero-order chi connectivity index (χ0) is 21.0. The lowest BCUT2D eigenvalue weighted by Gasteiger charge is -2.26. The highest BCUT2D eigenvalue weighted by molar-refractivity contribution is 5.92. The smallest absolute Gasteiger partial charge is 0.271 e. The van der Waals surface area contributed by atoms with Gasteiger partial charge in [0, 0.05) is 56.5 Å². The molecule has 1 aliphatic heterocycles. The monoisotopic (exact) mass is 416 g/mol. The van der Waals surface area contributed by atoms with Crippen LogP contribution in [0.2, 0.25) is 0 Å². The molecule has 5 rings (SSSR count). The molecule has 1 amide bonds. The van der Waals surface area contributed by atoms with Crippen LogP contribution in [0.1, 0.15) is 10.5 Å². The summed E-state index contributed by atoms with van der Waals surface area (Å²) in [5.74, 6) is 0.712. The summed E-state index contributed by atoms with van der Waals surface area (Å²) in [6, 6.07) is 13.9. The van der Waals surface area contributed by atoms with Crippen molar-refractivity contribution in [1.82, 2.24) is 29.4 Å². The van der Waals surface area contributed by atoms with Gasteiger partial charge in [-0.3, -0.25) is 14.7 Å². The van der Waals surface area contributed by atoms with E-state index >= 15 is 0 Å². The summed E-state index contributed by atoms with van der Waals surface area (Å²) in [5.41, 5.74) is 3.64. The van der Waals surface area contributed by atoms with E-state index in [2.05, 4.69) is 43.0 Å². The van der Waals surface area contributed by atoms with Crippen molar-refractivity contribution < 1.29 is 9.53 Å². The third-order valence-corrected chi connectivity index (χ3v) is 5.52. The normalized spacial score (nSPS) is 14.7. The van der Waals surface area contributed by atoms with Gasteiger partial charge in [-0.15, -0.1) is 0 Å². The number of morpholine rings is 1. The van der Waals surface area contributed by atoms with Crippen molar-refractivity contribution in [3.63, 3.8) is 0 Å². The van der Waals surface area contributed by atoms with Crippen molar-refractivity contribution in [3.8, 4) is 16.9 Å². The van der Waals surface area contributed by atoms with Crippen molar-refractivity contribution in [3.05, 3.63) is 72.9 Å². The Labute approximate surface area is 180 Å². The molecule has 1 aliphatic rings. The molecule has 5 heterocycles. The van der Waals surface area contributed by atoms with Crippen molar-refractivity contribution in [2.45, 2.75) is 0 Å². The summed E-state index contributed by atoms with van der Waals surface area (Å²) in [6.07, 6.45) is 7.46. The third kappa shape index (κ3) is 4.21. The van der Waals surface area contributed by atoms with Gasteiger partial charge in [0.1, 0.15) is 5.82 Å². The molecule has 8 heteroatoms. The van der Waals surface area contributed by atoms with Gasteiger partial charge in [0.25, 0.3) is 5.91 Å². The SMILES string of the molecule is O=C(NCCN1CCOCC1)c1ccn(-c2ccc3ccc(-c4ccncc4)cn23)n1. The minimum absolute atomic E-state index is 0.162. The van der Waals surface area contributed by atoms with Crippen molar-refractivity contribution in [2.24, 2.45) is 0 Å². The molecule has 0 atom stereocenters. The standard InChI is InChI=1S/C23H24N6O2/c30-23(25-10-12-27-13-15-31-16-14-27)21-7-11-29(26-21)22-4-3-20-2-1-19(17-28(20)22)18-5-8-24-9-6-18/h1-9,11,17H,10,12-16H2,(H,25,30). The Morgan fingerprint density at radius 2 is 1.81 bits per heavy atom. The molecular weight excluding hydrogens is 392 g/mol. The first-order chi connectivity index (χ1) is 15.3. The molecule has 4 aromatic rings. The summed E-state index contributed by atoms with van der Waals surface area (Å²) in [4.78, 5) is 18.9. The molecule has 0 spiro atoms. The van der Waals surface area contributed by atoms with E-state index in [0.29, 0.717) is 12.2 Å². The average molecular weight is 416 g/mol. The van der Waals surface area contributed by atoms with Crippen LogP contribution in [0.25, 0.3) is 22.5 Å². The molecule has 4 aromatic heterocycles. The van der Waals surface area contributed by atoms with E-state index in [0.717, 1.165) is 55.3 Å². The Morgan fingerprint density at radius 1 is 1.00 bits per heavy atom. The molecular formula is C23H24N6O2. The van der Waals surface area contributed by atoms with Gasteiger partial charge in [-0.25, -0.2) is 4.68 Å². The molecule has 1 fully saturated rings.